The Hall–Kier alpha value is -2.49. The van der Waals surface area contributed by atoms with Gasteiger partial charge in [-0.1, -0.05) is 19.3 Å². The lowest BCUT2D eigenvalue weighted by molar-refractivity contribution is 0.0889. The molecule has 3 aliphatic rings. The third-order valence-electron chi connectivity index (χ3n) is 5.60. The van der Waals surface area contributed by atoms with Crippen LogP contribution in [0, 0.1) is 11.8 Å². The molecule has 1 aliphatic heterocycles. The fourth-order valence-corrected chi connectivity index (χ4v) is 4.18. The Balaban J connectivity index is 1.60. The summed E-state index contributed by atoms with van der Waals surface area (Å²) in [4.78, 5) is 12.8. The van der Waals surface area contributed by atoms with E-state index in [0.717, 1.165) is 55.4 Å². The summed E-state index contributed by atoms with van der Waals surface area (Å²) in [6, 6.07) is 5.69. The standard InChI is InChI=1S/C22H24O4/c23-18-11-16-7-6-15-10-17(22(25)14-4-2-1-3-5-14)8-9-20(15)26-21(16)13-19(24)12-18/h8-14,16,23-24H,1-7H2. The Morgan fingerprint density at radius 2 is 1.81 bits per heavy atom. The van der Waals surface area contributed by atoms with Crippen molar-refractivity contribution >= 4 is 5.78 Å². The lowest BCUT2D eigenvalue weighted by Gasteiger charge is -2.20. The van der Waals surface area contributed by atoms with Crippen LogP contribution < -0.4 is 4.74 Å². The molecule has 1 fully saturated rings. The van der Waals surface area contributed by atoms with Crippen LogP contribution in [0.4, 0.5) is 0 Å². The Kier molecular flexibility index (Phi) is 4.58. The number of fused-ring (bicyclic) bond motifs is 2. The first-order valence-corrected chi connectivity index (χ1v) is 9.48. The highest BCUT2D eigenvalue weighted by Crippen LogP contribution is 2.36. The van der Waals surface area contributed by atoms with Gasteiger partial charge in [-0.15, -0.1) is 0 Å². The Bertz CT molecular complexity index is 809. The number of allylic oxidation sites excluding steroid dienone is 3. The maximum atomic E-state index is 12.8. The SMILES string of the molecule is O=C(c1ccc2c(c1)CCC1C=C(O)C=C(O)C=C1O2)C1CCCCC1. The Morgan fingerprint density at radius 3 is 2.62 bits per heavy atom. The fraction of sp³-hybridized carbons (Fsp3) is 0.409. The van der Waals surface area contributed by atoms with Gasteiger partial charge in [0.25, 0.3) is 0 Å². The molecule has 136 valence electrons. The minimum absolute atomic E-state index is 0.0243. The number of aliphatic hydroxyl groups excluding tert-OH is 2. The average Bonchev–Trinajstić information content (AvgIpc) is 2.88. The van der Waals surface area contributed by atoms with Crippen LogP contribution in [0.3, 0.4) is 0 Å². The molecule has 1 saturated carbocycles. The lowest BCUT2D eigenvalue weighted by Crippen LogP contribution is -2.18. The number of aliphatic hydroxyl groups is 2. The number of carbonyl (C=O) groups is 1. The highest BCUT2D eigenvalue weighted by atomic mass is 16.5. The number of rotatable bonds is 2. The molecule has 0 amide bonds. The van der Waals surface area contributed by atoms with Crippen molar-refractivity contribution in [1.29, 1.82) is 0 Å². The fourth-order valence-electron chi connectivity index (χ4n) is 4.18. The molecule has 2 N–H and O–H groups in total. The summed E-state index contributed by atoms with van der Waals surface area (Å²) in [6.07, 6.45) is 11.6. The van der Waals surface area contributed by atoms with E-state index in [4.69, 9.17) is 4.74 Å². The first-order valence-electron chi connectivity index (χ1n) is 9.48. The predicted molar refractivity (Wildman–Crippen MR) is 99.3 cm³/mol. The predicted octanol–water partition coefficient (Wildman–Crippen LogP) is 5.17. The smallest absolute Gasteiger partial charge is 0.165 e. The van der Waals surface area contributed by atoms with Gasteiger partial charge in [0.2, 0.25) is 0 Å². The average molecular weight is 352 g/mol. The molecule has 0 saturated heterocycles. The molecular formula is C22H24O4. The molecule has 2 aliphatic carbocycles. The molecule has 1 aromatic carbocycles. The van der Waals surface area contributed by atoms with Gasteiger partial charge in [-0.2, -0.15) is 0 Å². The number of ketones is 1. The molecule has 1 aromatic rings. The van der Waals surface area contributed by atoms with Crippen LogP contribution in [0.5, 0.6) is 5.75 Å². The highest BCUT2D eigenvalue weighted by molar-refractivity contribution is 5.98. The molecule has 26 heavy (non-hydrogen) atoms. The van der Waals surface area contributed by atoms with Gasteiger partial charge in [0.1, 0.15) is 23.0 Å². The van der Waals surface area contributed by atoms with Gasteiger partial charge in [-0.25, -0.2) is 0 Å². The molecule has 4 nitrogen and oxygen atoms in total. The minimum atomic E-state index is -0.0965. The molecule has 0 aromatic heterocycles. The van der Waals surface area contributed by atoms with E-state index < -0.39 is 0 Å². The van der Waals surface area contributed by atoms with E-state index in [9.17, 15) is 15.0 Å². The summed E-state index contributed by atoms with van der Waals surface area (Å²) < 4.78 is 6.03. The number of aryl methyl sites for hydroxylation is 1. The van der Waals surface area contributed by atoms with Gasteiger partial charge < -0.3 is 14.9 Å². The van der Waals surface area contributed by atoms with Gasteiger partial charge in [0.05, 0.1) is 0 Å². The van der Waals surface area contributed by atoms with Gasteiger partial charge in [-0.3, -0.25) is 4.79 Å². The zero-order valence-electron chi connectivity index (χ0n) is 14.8. The molecule has 0 spiro atoms. The van der Waals surface area contributed by atoms with Crippen LogP contribution in [-0.2, 0) is 6.42 Å². The highest BCUT2D eigenvalue weighted by Gasteiger charge is 2.26. The first-order chi connectivity index (χ1) is 12.6. The van der Waals surface area contributed by atoms with Crippen LogP contribution in [0.1, 0.15) is 54.4 Å². The van der Waals surface area contributed by atoms with Crippen molar-refractivity contribution in [2.45, 2.75) is 44.9 Å². The molecule has 1 unspecified atom stereocenters. The van der Waals surface area contributed by atoms with Gasteiger partial charge in [0.15, 0.2) is 5.78 Å². The summed E-state index contributed by atoms with van der Waals surface area (Å²) in [5, 5.41) is 19.7. The Morgan fingerprint density at radius 1 is 1.00 bits per heavy atom. The molecule has 4 rings (SSSR count). The zero-order chi connectivity index (χ0) is 18.1. The number of hydrogen-bond acceptors (Lipinski definition) is 4. The second-order valence-electron chi connectivity index (χ2n) is 7.48. The maximum absolute atomic E-state index is 12.8. The molecule has 1 atom stereocenters. The number of Topliss-reactive ketones (excluding diaryl/α,β-unsaturated/α-hetero) is 1. The van der Waals surface area contributed by atoms with E-state index >= 15 is 0 Å². The Labute approximate surface area is 153 Å². The summed E-state index contributed by atoms with van der Waals surface area (Å²) in [7, 11) is 0. The number of hydrogen-bond donors (Lipinski definition) is 2. The molecular weight excluding hydrogens is 328 g/mol. The van der Waals surface area contributed by atoms with Crippen molar-refractivity contribution in [2.24, 2.45) is 11.8 Å². The number of ether oxygens (including phenoxy) is 1. The monoisotopic (exact) mass is 352 g/mol. The summed E-state index contributed by atoms with van der Waals surface area (Å²) >= 11 is 0. The van der Waals surface area contributed by atoms with E-state index in [1.54, 1.807) is 12.2 Å². The minimum Gasteiger partial charge on any atom is -0.508 e. The maximum Gasteiger partial charge on any atom is 0.165 e. The van der Waals surface area contributed by atoms with Gasteiger partial charge in [-0.05, 0) is 55.5 Å². The largest absolute Gasteiger partial charge is 0.508 e. The van der Waals surface area contributed by atoms with Crippen molar-refractivity contribution in [3.8, 4) is 5.75 Å². The molecule has 4 heteroatoms. The first kappa shape index (κ1) is 17.0. The summed E-state index contributed by atoms with van der Waals surface area (Å²) in [5.41, 5.74) is 1.79. The van der Waals surface area contributed by atoms with Gasteiger partial charge in [0, 0.05) is 29.6 Å². The van der Waals surface area contributed by atoms with Crippen molar-refractivity contribution in [1.82, 2.24) is 0 Å². The van der Waals surface area contributed by atoms with Crippen LogP contribution >= 0.6 is 0 Å². The van der Waals surface area contributed by atoms with Crippen molar-refractivity contribution in [3.63, 3.8) is 0 Å². The van der Waals surface area contributed by atoms with Crippen LogP contribution in [0.15, 0.2) is 53.7 Å². The number of carbonyl (C=O) groups excluding carboxylic acids is 1. The quantitative estimate of drug-likeness (QED) is 0.720. The lowest BCUT2D eigenvalue weighted by atomic mass is 9.83. The van der Waals surface area contributed by atoms with Crippen LogP contribution in [-0.4, -0.2) is 16.0 Å². The third-order valence-corrected chi connectivity index (χ3v) is 5.60. The second-order valence-corrected chi connectivity index (χ2v) is 7.48. The second kappa shape index (κ2) is 7.02. The van der Waals surface area contributed by atoms with Crippen molar-refractivity contribution in [2.75, 3.05) is 0 Å². The van der Waals surface area contributed by atoms with E-state index in [-0.39, 0.29) is 29.1 Å². The number of benzene rings is 1. The van der Waals surface area contributed by atoms with Gasteiger partial charge >= 0.3 is 0 Å². The summed E-state index contributed by atoms with van der Waals surface area (Å²) in [5.74, 6) is 1.67. The molecule has 0 radical (unpaired) electrons. The van der Waals surface area contributed by atoms with Crippen molar-refractivity contribution < 1.29 is 19.7 Å². The van der Waals surface area contributed by atoms with E-state index in [2.05, 4.69) is 0 Å². The summed E-state index contributed by atoms with van der Waals surface area (Å²) in [6.45, 7) is 0. The topological polar surface area (TPSA) is 66.8 Å². The van der Waals surface area contributed by atoms with E-state index in [0.29, 0.717) is 5.76 Å². The van der Waals surface area contributed by atoms with Crippen LogP contribution in [0.2, 0.25) is 0 Å². The molecule has 1 heterocycles. The van der Waals surface area contributed by atoms with Crippen LogP contribution in [0.25, 0.3) is 0 Å². The van der Waals surface area contributed by atoms with E-state index in [1.165, 1.54) is 12.5 Å². The molecule has 0 bridgehead atoms. The van der Waals surface area contributed by atoms with E-state index in [1.807, 2.05) is 18.2 Å². The third kappa shape index (κ3) is 3.41. The normalized spacial score (nSPS) is 23.2. The van der Waals surface area contributed by atoms with Crippen molar-refractivity contribution in [3.05, 3.63) is 64.8 Å². The zero-order valence-corrected chi connectivity index (χ0v) is 14.8.